The minimum atomic E-state index is -0.472. The van der Waals surface area contributed by atoms with Gasteiger partial charge in [-0.3, -0.25) is 4.79 Å². The first-order chi connectivity index (χ1) is 11.8. The monoisotopic (exact) mass is 318 g/mol. The van der Waals surface area contributed by atoms with Crippen LogP contribution in [0.5, 0.6) is 11.5 Å². The van der Waals surface area contributed by atoms with Crippen LogP contribution in [0.2, 0.25) is 0 Å². The molecule has 1 N–H and O–H groups in total. The number of hydrogen-bond donors (Lipinski definition) is 1. The van der Waals surface area contributed by atoms with Crippen LogP contribution >= 0.6 is 0 Å². The van der Waals surface area contributed by atoms with Crippen LogP contribution in [0.25, 0.3) is 0 Å². The van der Waals surface area contributed by atoms with Gasteiger partial charge in [0, 0.05) is 11.1 Å². The highest BCUT2D eigenvalue weighted by molar-refractivity contribution is 5.90. The van der Waals surface area contributed by atoms with Crippen molar-refractivity contribution >= 4 is 12.1 Å². The second kappa shape index (κ2) is 6.04. The summed E-state index contributed by atoms with van der Waals surface area (Å²) in [5.74, 6) is 1.25. The third-order valence-electron chi connectivity index (χ3n) is 3.85. The lowest BCUT2D eigenvalue weighted by Gasteiger charge is -2.26. The predicted molar refractivity (Wildman–Crippen MR) is 89.2 cm³/mol. The van der Waals surface area contributed by atoms with Gasteiger partial charge in [0.25, 0.3) is 5.91 Å². The molecule has 2 aromatic carbocycles. The zero-order valence-electron chi connectivity index (χ0n) is 12.7. The Morgan fingerprint density at radius 3 is 2.25 bits per heavy atom. The summed E-state index contributed by atoms with van der Waals surface area (Å²) in [5, 5.41) is 3.98. The fourth-order valence-electron chi connectivity index (χ4n) is 2.78. The first-order valence-corrected chi connectivity index (χ1v) is 7.55. The van der Waals surface area contributed by atoms with Gasteiger partial charge >= 0.3 is 0 Å². The van der Waals surface area contributed by atoms with E-state index in [1.165, 1.54) is 6.21 Å². The number of hydrazone groups is 1. The summed E-state index contributed by atoms with van der Waals surface area (Å²) in [6.07, 6.45) is 3.02. The molecule has 3 aromatic rings. The molecule has 0 saturated heterocycles. The lowest BCUT2D eigenvalue weighted by molar-refractivity contribution is -0.121. The first kappa shape index (κ1) is 14.3. The third kappa shape index (κ3) is 2.56. The standard InChI is InChI=1S/C19H14N2O3/c22-19(21-20-12-13-6-5-11-23-13)18-14-7-1-3-9-16(14)24-17-10-4-2-8-15(17)18/h1-12,18H,(H,21,22). The van der Waals surface area contributed by atoms with Gasteiger partial charge in [0.2, 0.25) is 0 Å². The van der Waals surface area contributed by atoms with Crippen molar-refractivity contribution in [2.24, 2.45) is 5.10 Å². The predicted octanol–water partition coefficient (Wildman–Crippen LogP) is 3.67. The van der Waals surface area contributed by atoms with Crippen molar-refractivity contribution in [3.05, 3.63) is 83.8 Å². The average molecular weight is 318 g/mol. The molecular weight excluding hydrogens is 304 g/mol. The summed E-state index contributed by atoms with van der Waals surface area (Å²) < 4.78 is 11.0. The van der Waals surface area contributed by atoms with Crippen LogP contribution in [0.1, 0.15) is 22.8 Å². The topological polar surface area (TPSA) is 63.8 Å². The third-order valence-corrected chi connectivity index (χ3v) is 3.85. The van der Waals surface area contributed by atoms with Crippen LogP contribution in [-0.4, -0.2) is 12.1 Å². The van der Waals surface area contributed by atoms with E-state index in [9.17, 15) is 4.79 Å². The number of fused-ring (bicyclic) bond motifs is 2. The molecule has 5 nitrogen and oxygen atoms in total. The molecule has 0 spiro atoms. The van der Waals surface area contributed by atoms with Crippen molar-refractivity contribution < 1.29 is 13.9 Å². The normalized spacial score (nSPS) is 13.2. The van der Waals surface area contributed by atoms with Crippen molar-refractivity contribution in [2.75, 3.05) is 0 Å². The molecule has 1 aromatic heterocycles. The van der Waals surface area contributed by atoms with Crippen molar-refractivity contribution in [3.63, 3.8) is 0 Å². The number of rotatable bonds is 3. The molecule has 0 aliphatic carbocycles. The number of carbonyl (C=O) groups is 1. The summed E-state index contributed by atoms with van der Waals surface area (Å²) in [5.41, 5.74) is 4.23. The second-order valence-corrected chi connectivity index (χ2v) is 5.36. The molecule has 0 unspecified atom stereocenters. The van der Waals surface area contributed by atoms with E-state index in [2.05, 4.69) is 10.5 Å². The highest BCUT2D eigenvalue weighted by Gasteiger charge is 2.32. The highest BCUT2D eigenvalue weighted by Crippen LogP contribution is 2.43. The quantitative estimate of drug-likeness (QED) is 0.592. The maximum absolute atomic E-state index is 12.7. The Bertz CT molecular complexity index is 855. The molecule has 0 bridgehead atoms. The average Bonchev–Trinajstić information content (AvgIpc) is 3.13. The molecule has 24 heavy (non-hydrogen) atoms. The van der Waals surface area contributed by atoms with Gasteiger partial charge in [-0.1, -0.05) is 36.4 Å². The Kier molecular flexibility index (Phi) is 3.59. The van der Waals surface area contributed by atoms with Crippen LogP contribution in [0.3, 0.4) is 0 Å². The summed E-state index contributed by atoms with van der Waals surface area (Å²) in [4.78, 5) is 12.7. The van der Waals surface area contributed by atoms with Crippen molar-refractivity contribution in [2.45, 2.75) is 5.92 Å². The van der Waals surface area contributed by atoms with E-state index in [-0.39, 0.29) is 5.91 Å². The van der Waals surface area contributed by atoms with Gasteiger partial charge in [-0.25, -0.2) is 5.43 Å². The Hall–Kier alpha value is -3.34. The number of hydrogen-bond acceptors (Lipinski definition) is 4. The number of amides is 1. The fraction of sp³-hybridized carbons (Fsp3) is 0.0526. The van der Waals surface area contributed by atoms with E-state index in [0.717, 1.165) is 11.1 Å². The lowest BCUT2D eigenvalue weighted by Crippen LogP contribution is -2.28. The van der Waals surface area contributed by atoms with Crippen LogP contribution in [0.4, 0.5) is 0 Å². The van der Waals surface area contributed by atoms with Crippen LogP contribution in [-0.2, 0) is 4.79 Å². The number of furan rings is 1. The molecule has 4 rings (SSSR count). The minimum absolute atomic E-state index is 0.221. The van der Waals surface area contributed by atoms with Crippen molar-refractivity contribution in [1.29, 1.82) is 0 Å². The van der Waals surface area contributed by atoms with E-state index in [0.29, 0.717) is 17.3 Å². The van der Waals surface area contributed by atoms with Crippen molar-refractivity contribution in [3.8, 4) is 11.5 Å². The van der Waals surface area contributed by atoms with Crippen LogP contribution < -0.4 is 10.2 Å². The van der Waals surface area contributed by atoms with E-state index in [1.54, 1.807) is 18.4 Å². The molecule has 0 atom stereocenters. The highest BCUT2D eigenvalue weighted by atomic mass is 16.5. The summed E-state index contributed by atoms with van der Waals surface area (Å²) in [6.45, 7) is 0. The van der Waals surface area contributed by atoms with Gasteiger partial charge in [0.15, 0.2) is 0 Å². The van der Waals surface area contributed by atoms with E-state index < -0.39 is 5.92 Å². The summed E-state index contributed by atoms with van der Waals surface area (Å²) >= 11 is 0. The molecule has 1 aliphatic heterocycles. The number of nitrogens with zero attached hydrogens (tertiary/aromatic N) is 1. The number of benzene rings is 2. The van der Waals surface area contributed by atoms with Gasteiger partial charge in [-0.2, -0.15) is 5.10 Å². The minimum Gasteiger partial charge on any atom is -0.463 e. The fourth-order valence-corrected chi connectivity index (χ4v) is 2.78. The SMILES string of the molecule is O=C(NN=Cc1ccco1)C1c2ccccc2Oc2ccccc21. The van der Waals surface area contributed by atoms with Crippen molar-refractivity contribution in [1.82, 2.24) is 5.43 Å². The summed E-state index contributed by atoms with van der Waals surface area (Å²) in [6, 6.07) is 18.6. The zero-order chi connectivity index (χ0) is 16.4. The van der Waals surface area contributed by atoms with Gasteiger partial charge in [-0.15, -0.1) is 0 Å². The molecule has 5 heteroatoms. The molecule has 2 heterocycles. The lowest BCUT2D eigenvalue weighted by atomic mass is 9.87. The first-order valence-electron chi connectivity index (χ1n) is 7.55. The molecule has 0 radical (unpaired) electrons. The molecular formula is C19H14N2O3. The van der Waals surface area contributed by atoms with Gasteiger partial charge in [-0.05, 0) is 24.3 Å². The Morgan fingerprint density at radius 1 is 0.958 bits per heavy atom. The second-order valence-electron chi connectivity index (χ2n) is 5.36. The van der Waals surface area contributed by atoms with E-state index >= 15 is 0 Å². The maximum Gasteiger partial charge on any atom is 0.252 e. The largest absolute Gasteiger partial charge is 0.463 e. The zero-order valence-corrected chi connectivity index (χ0v) is 12.7. The summed E-state index contributed by atoms with van der Waals surface area (Å²) in [7, 11) is 0. The van der Waals surface area contributed by atoms with E-state index in [4.69, 9.17) is 9.15 Å². The number of ether oxygens (including phenoxy) is 1. The molecule has 0 saturated carbocycles. The number of carbonyl (C=O) groups excluding carboxylic acids is 1. The molecule has 118 valence electrons. The Labute approximate surface area is 138 Å². The number of para-hydroxylation sites is 2. The number of nitrogens with one attached hydrogen (secondary N) is 1. The van der Waals surface area contributed by atoms with Gasteiger partial charge in [0.1, 0.15) is 17.3 Å². The molecule has 1 amide bonds. The maximum atomic E-state index is 12.7. The van der Waals surface area contributed by atoms with Gasteiger partial charge < -0.3 is 9.15 Å². The van der Waals surface area contributed by atoms with E-state index in [1.807, 2.05) is 48.5 Å². The van der Waals surface area contributed by atoms with Gasteiger partial charge in [0.05, 0.1) is 18.4 Å². The molecule has 0 fully saturated rings. The van der Waals surface area contributed by atoms with Crippen LogP contribution in [0.15, 0.2) is 76.4 Å². The smallest absolute Gasteiger partial charge is 0.252 e. The van der Waals surface area contributed by atoms with Crippen LogP contribution in [0, 0.1) is 0 Å². The Balaban J connectivity index is 1.65. The molecule has 1 aliphatic rings. The Morgan fingerprint density at radius 2 is 1.62 bits per heavy atom.